The monoisotopic (exact) mass is 255 g/mol. The molecule has 1 atom stereocenters. The summed E-state index contributed by atoms with van der Waals surface area (Å²) in [6, 6.07) is 7.79. The van der Waals surface area contributed by atoms with Gasteiger partial charge in [-0.15, -0.1) is 0 Å². The number of benzene rings is 1. The first kappa shape index (κ1) is 12.0. The topological polar surface area (TPSA) is 45.2 Å². The van der Waals surface area contributed by atoms with Gasteiger partial charge >= 0.3 is 6.03 Å². The number of fused-ring (bicyclic) bond motifs is 1. The third kappa shape index (κ3) is 2.38. The van der Waals surface area contributed by atoms with Crippen LogP contribution in [0.3, 0.4) is 0 Å². The number of rotatable bonds is 1. The summed E-state index contributed by atoms with van der Waals surface area (Å²) < 4.78 is 0. The number of anilines is 1. The summed E-state index contributed by atoms with van der Waals surface area (Å²) >= 11 is 0. The number of nitrogens with zero attached hydrogens (tertiary/aromatic N) is 2. The van der Waals surface area contributed by atoms with Gasteiger partial charge in [0.15, 0.2) is 0 Å². The molecular formula is C15H17N3O. The Labute approximate surface area is 112 Å². The van der Waals surface area contributed by atoms with Gasteiger partial charge in [0.25, 0.3) is 0 Å². The summed E-state index contributed by atoms with van der Waals surface area (Å²) in [7, 11) is 0. The Morgan fingerprint density at radius 2 is 2.32 bits per heavy atom. The number of urea groups is 1. The largest absolute Gasteiger partial charge is 0.324 e. The molecule has 0 saturated carbocycles. The molecule has 2 heterocycles. The maximum Gasteiger partial charge on any atom is 0.321 e. The van der Waals surface area contributed by atoms with E-state index in [1.54, 1.807) is 6.20 Å². The molecule has 1 aliphatic heterocycles. The zero-order valence-electron chi connectivity index (χ0n) is 11.0. The number of pyridine rings is 1. The zero-order valence-corrected chi connectivity index (χ0v) is 11.0. The Hall–Kier alpha value is -2.10. The van der Waals surface area contributed by atoms with E-state index in [1.807, 2.05) is 35.4 Å². The van der Waals surface area contributed by atoms with Crippen molar-refractivity contribution in [2.45, 2.75) is 13.3 Å². The summed E-state index contributed by atoms with van der Waals surface area (Å²) in [4.78, 5) is 18.2. The van der Waals surface area contributed by atoms with E-state index in [9.17, 15) is 4.79 Å². The molecule has 4 nitrogen and oxygen atoms in total. The van der Waals surface area contributed by atoms with Gasteiger partial charge in [0.05, 0.1) is 5.69 Å². The van der Waals surface area contributed by atoms with Crippen molar-refractivity contribution in [2.24, 2.45) is 5.92 Å². The molecule has 98 valence electrons. The Morgan fingerprint density at radius 3 is 3.11 bits per heavy atom. The number of aromatic nitrogens is 1. The van der Waals surface area contributed by atoms with Gasteiger partial charge in [-0.3, -0.25) is 4.98 Å². The highest BCUT2D eigenvalue weighted by Crippen LogP contribution is 2.23. The number of carbonyl (C=O) groups is 1. The summed E-state index contributed by atoms with van der Waals surface area (Å²) in [5, 5.41) is 5.07. The highest BCUT2D eigenvalue weighted by molar-refractivity contribution is 6.01. The second-order valence-corrected chi connectivity index (χ2v) is 5.17. The molecule has 1 saturated heterocycles. The predicted molar refractivity (Wildman–Crippen MR) is 76.1 cm³/mol. The molecule has 1 aliphatic rings. The Kier molecular flexibility index (Phi) is 3.07. The maximum absolute atomic E-state index is 12.2. The van der Waals surface area contributed by atoms with Crippen LogP contribution in [-0.4, -0.2) is 29.0 Å². The van der Waals surface area contributed by atoms with Gasteiger partial charge in [-0.25, -0.2) is 4.79 Å². The van der Waals surface area contributed by atoms with E-state index in [1.165, 1.54) is 0 Å². The average molecular weight is 255 g/mol. The molecule has 0 bridgehead atoms. The van der Waals surface area contributed by atoms with Crippen LogP contribution < -0.4 is 5.32 Å². The van der Waals surface area contributed by atoms with Gasteiger partial charge in [0.1, 0.15) is 0 Å². The molecule has 0 aliphatic carbocycles. The summed E-state index contributed by atoms with van der Waals surface area (Å²) in [5.74, 6) is 0.600. The van der Waals surface area contributed by atoms with E-state index in [-0.39, 0.29) is 6.03 Å². The van der Waals surface area contributed by atoms with Crippen LogP contribution in [0.4, 0.5) is 10.5 Å². The van der Waals surface area contributed by atoms with Crippen molar-refractivity contribution < 1.29 is 4.79 Å². The second kappa shape index (κ2) is 4.88. The van der Waals surface area contributed by atoms with E-state index in [0.717, 1.165) is 36.0 Å². The molecule has 1 aromatic carbocycles. The summed E-state index contributed by atoms with van der Waals surface area (Å²) in [5.41, 5.74) is 0.851. The molecule has 1 N–H and O–H groups in total. The van der Waals surface area contributed by atoms with Crippen LogP contribution in [0.1, 0.15) is 13.3 Å². The zero-order chi connectivity index (χ0) is 13.2. The molecular weight excluding hydrogens is 238 g/mol. The number of amides is 2. The van der Waals surface area contributed by atoms with Gasteiger partial charge in [0.2, 0.25) is 0 Å². The Morgan fingerprint density at radius 1 is 1.42 bits per heavy atom. The molecule has 3 rings (SSSR count). The lowest BCUT2D eigenvalue weighted by atomic mass is 10.1. The van der Waals surface area contributed by atoms with E-state index < -0.39 is 0 Å². The quantitative estimate of drug-likeness (QED) is 0.851. The first-order valence-electron chi connectivity index (χ1n) is 6.63. The van der Waals surface area contributed by atoms with Crippen LogP contribution in [0.2, 0.25) is 0 Å². The maximum atomic E-state index is 12.2. The van der Waals surface area contributed by atoms with Gasteiger partial charge in [0, 0.05) is 36.3 Å². The SMILES string of the molecule is CC1CCN(C(=O)Nc2cccc3cnccc23)C1. The van der Waals surface area contributed by atoms with E-state index in [0.29, 0.717) is 5.92 Å². The first-order valence-corrected chi connectivity index (χ1v) is 6.63. The van der Waals surface area contributed by atoms with E-state index in [2.05, 4.69) is 17.2 Å². The third-order valence-electron chi connectivity index (χ3n) is 3.63. The first-order chi connectivity index (χ1) is 9.24. The van der Waals surface area contributed by atoms with Crippen LogP contribution in [0.5, 0.6) is 0 Å². The minimum Gasteiger partial charge on any atom is -0.324 e. The fourth-order valence-corrected chi connectivity index (χ4v) is 2.55. The van der Waals surface area contributed by atoms with Gasteiger partial charge in [-0.2, -0.15) is 0 Å². The minimum atomic E-state index is -0.00587. The predicted octanol–water partition coefficient (Wildman–Crippen LogP) is 3.11. The summed E-state index contributed by atoms with van der Waals surface area (Å²) in [6.07, 6.45) is 4.64. The molecule has 2 aromatic rings. The molecule has 19 heavy (non-hydrogen) atoms. The summed E-state index contributed by atoms with van der Waals surface area (Å²) in [6.45, 7) is 3.87. The number of nitrogens with one attached hydrogen (secondary N) is 1. The lowest BCUT2D eigenvalue weighted by molar-refractivity contribution is 0.221. The molecule has 1 fully saturated rings. The second-order valence-electron chi connectivity index (χ2n) is 5.17. The number of hydrogen-bond acceptors (Lipinski definition) is 2. The minimum absolute atomic E-state index is 0.00587. The van der Waals surface area contributed by atoms with Gasteiger partial charge in [-0.1, -0.05) is 19.1 Å². The Bertz CT molecular complexity index is 606. The normalized spacial score (nSPS) is 18.8. The third-order valence-corrected chi connectivity index (χ3v) is 3.63. The van der Waals surface area contributed by atoms with Gasteiger partial charge in [-0.05, 0) is 24.5 Å². The van der Waals surface area contributed by atoms with Crippen LogP contribution in [0, 0.1) is 5.92 Å². The van der Waals surface area contributed by atoms with Crippen LogP contribution in [0.25, 0.3) is 10.8 Å². The van der Waals surface area contributed by atoms with Crippen LogP contribution >= 0.6 is 0 Å². The van der Waals surface area contributed by atoms with Crippen LogP contribution in [0.15, 0.2) is 36.7 Å². The van der Waals surface area contributed by atoms with Crippen molar-refractivity contribution in [3.63, 3.8) is 0 Å². The Balaban J connectivity index is 1.83. The molecule has 0 radical (unpaired) electrons. The fraction of sp³-hybridized carbons (Fsp3) is 0.333. The number of likely N-dealkylation sites (tertiary alicyclic amines) is 1. The molecule has 0 spiro atoms. The van der Waals surface area contributed by atoms with Gasteiger partial charge < -0.3 is 10.2 Å². The average Bonchev–Trinajstić information content (AvgIpc) is 2.86. The van der Waals surface area contributed by atoms with Crippen molar-refractivity contribution >= 4 is 22.5 Å². The van der Waals surface area contributed by atoms with E-state index >= 15 is 0 Å². The fourth-order valence-electron chi connectivity index (χ4n) is 2.55. The van der Waals surface area contributed by atoms with Crippen molar-refractivity contribution in [1.82, 2.24) is 9.88 Å². The highest BCUT2D eigenvalue weighted by atomic mass is 16.2. The molecule has 1 aromatic heterocycles. The van der Waals surface area contributed by atoms with Crippen molar-refractivity contribution in [3.8, 4) is 0 Å². The highest BCUT2D eigenvalue weighted by Gasteiger charge is 2.23. The number of hydrogen-bond donors (Lipinski definition) is 1. The van der Waals surface area contributed by atoms with Crippen molar-refractivity contribution in [3.05, 3.63) is 36.7 Å². The molecule has 4 heteroatoms. The number of carbonyl (C=O) groups excluding carboxylic acids is 1. The lowest BCUT2D eigenvalue weighted by Gasteiger charge is -2.17. The standard InChI is InChI=1S/C15H17N3O/c1-11-6-8-18(10-11)15(19)17-14-4-2-3-12-9-16-7-5-13(12)14/h2-5,7,9,11H,6,8,10H2,1H3,(H,17,19). The van der Waals surface area contributed by atoms with Crippen LogP contribution in [-0.2, 0) is 0 Å². The molecule has 1 unspecified atom stereocenters. The smallest absolute Gasteiger partial charge is 0.321 e. The van der Waals surface area contributed by atoms with Crippen molar-refractivity contribution in [2.75, 3.05) is 18.4 Å². The van der Waals surface area contributed by atoms with E-state index in [4.69, 9.17) is 0 Å². The lowest BCUT2D eigenvalue weighted by Crippen LogP contribution is -2.32. The molecule has 2 amide bonds. The van der Waals surface area contributed by atoms with Crippen molar-refractivity contribution in [1.29, 1.82) is 0 Å².